The number of imide groups is 1. The molecule has 156 valence electrons. The maximum absolute atomic E-state index is 12.7. The van der Waals surface area contributed by atoms with Crippen molar-refractivity contribution in [1.82, 2.24) is 9.47 Å². The number of carbonyl (C=O) groups is 3. The minimum absolute atomic E-state index is 0.301. The monoisotopic (exact) mass is 431 g/mol. The number of para-hydroxylation sites is 1. The van der Waals surface area contributed by atoms with Gasteiger partial charge >= 0.3 is 0 Å². The molecule has 0 bridgehead atoms. The van der Waals surface area contributed by atoms with E-state index in [-0.39, 0.29) is 6.54 Å². The molecule has 7 heteroatoms. The summed E-state index contributed by atoms with van der Waals surface area (Å²) in [6.45, 7) is 3.62. The fourth-order valence-corrected chi connectivity index (χ4v) is 4.05. The van der Waals surface area contributed by atoms with E-state index in [0.717, 1.165) is 39.0 Å². The van der Waals surface area contributed by atoms with Crippen LogP contribution in [0.15, 0.2) is 71.9 Å². The van der Waals surface area contributed by atoms with E-state index < -0.39 is 17.1 Å². The van der Waals surface area contributed by atoms with Crippen molar-refractivity contribution in [2.75, 3.05) is 11.9 Å². The predicted octanol–water partition coefficient (Wildman–Crippen LogP) is 4.77. The molecule has 1 aromatic heterocycles. The summed E-state index contributed by atoms with van der Waals surface area (Å²) in [5.74, 6) is -0.875. The minimum Gasteiger partial charge on any atom is -0.325 e. The molecule has 4 rings (SSSR count). The zero-order valence-electron chi connectivity index (χ0n) is 17.2. The first-order chi connectivity index (χ1) is 14.9. The van der Waals surface area contributed by atoms with Crippen molar-refractivity contribution in [3.63, 3.8) is 0 Å². The third kappa shape index (κ3) is 4.62. The van der Waals surface area contributed by atoms with Gasteiger partial charge in [-0.05, 0) is 78.7 Å². The van der Waals surface area contributed by atoms with E-state index in [2.05, 4.69) is 5.32 Å². The zero-order chi connectivity index (χ0) is 22.0. The van der Waals surface area contributed by atoms with E-state index in [1.807, 2.05) is 79.3 Å². The minimum atomic E-state index is -0.460. The van der Waals surface area contributed by atoms with Crippen molar-refractivity contribution in [3.05, 3.63) is 88.6 Å². The molecular weight excluding hydrogens is 410 g/mol. The molecular formula is C24H21N3O3S. The predicted molar refractivity (Wildman–Crippen MR) is 123 cm³/mol. The van der Waals surface area contributed by atoms with Crippen molar-refractivity contribution < 1.29 is 14.4 Å². The van der Waals surface area contributed by atoms with Gasteiger partial charge in [0.05, 0.1) is 4.91 Å². The highest BCUT2D eigenvalue weighted by molar-refractivity contribution is 8.18. The number of carbonyl (C=O) groups excluding carboxylic acids is 3. The average molecular weight is 432 g/mol. The van der Waals surface area contributed by atoms with Gasteiger partial charge in [-0.2, -0.15) is 0 Å². The molecule has 2 heterocycles. The van der Waals surface area contributed by atoms with E-state index in [1.54, 1.807) is 12.1 Å². The van der Waals surface area contributed by atoms with E-state index in [9.17, 15) is 14.4 Å². The largest absolute Gasteiger partial charge is 0.325 e. The quantitative estimate of drug-likeness (QED) is 0.591. The number of nitrogens with zero attached hydrogens (tertiary/aromatic N) is 2. The van der Waals surface area contributed by atoms with Gasteiger partial charge in [0.2, 0.25) is 5.91 Å². The van der Waals surface area contributed by atoms with Gasteiger partial charge in [-0.3, -0.25) is 19.3 Å². The van der Waals surface area contributed by atoms with E-state index in [1.165, 1.54) is 0 Å². The summed E-state index contributed by atoms with van der Waals surface area (Å²) in [5, 5.41) is 2.30. The molecule has 3 aromatic rings. The Bertz CT molecular complexity index is 1200. The number of benzene rings is 2. The number of thioether (sulfide) groups is 1. The molecule has 1 fully saturated rings. The summed E-state index contributed by atoms with van der Waals surface area (Å²) in [6.07, 6.45) is 5.45. The second kappa shape index (κ2) is 8.65. The van der Waals surface area contributed by atoms with Gasteiger partial charge in [0.15, 0.2) is 0 Å². The number of hydrogen-bond acceptors (Lipinski definition) is 4. The summed E-state index contributed by atoms with van der Waals surface area (Å²) >= 11 is 0.844. The Morgan fingerprint density at radius 2 is 1.81 bits per heavy atom. The van der Waals surface area contributed by atoms with E-state index in [0.29, 0.717) is 10.6 Å². The molecule has 0 spiro atoms. The first kappa shape index (κ1) is 20.7. The highest BCUT2D eigenvalue weighted by atomic mass is 32.2. The number of nitrogens with one attached hydrogen (secondary N) is 1. The van der Waals surface area contributed by atoms with Gasteiger partial charge in [0.1, 0.15) is 6.54 Å². The van der Waals surface area contributed by atoms with Crippen LogP contribution in [0.2, 0.25) is 0 Å². The molecule has 0 unspecified atom stereocenters. The lowest BCUT2D eigenvalue weighted by Gasteiger charge is -2.13. The number of anilines is 1. The Labute approximate surface area is 184 Å². The van der Waals surface area contributed by atoms with E-state index >= 15 is 0 Å². The number of amides is 3. The molecule has 0 aliphatic carbocycles. The van der Waals surface area contributed by atoms with Crippen LogP contribution in [0.5, 0.6) is 0 Å². The zero-order valence-corrected chi connectivity index (χ0v) is 18.0. The first-order valence-corrected chi connectivity index (χ1v) is 10.6. The van der Waals surface area contributed by atoms with Crippen molar-refractivity contribution in [2.24, 2.45) is 0 Å². The van der Waals surface area contributed by atoms with Crippen molar-refractivity contribution >= 4 is 40.6 Å². The van der Waals surface area contributed by atoms with Crippen LogP contribution < -0.4 is 5.32 Å². The molecule has 1 aliphatic rings. The Morgan fingerprint density at radius 3 is 2.55 bits per heavy atom. The summed E-state index contributed by atoms with van der Waals surface area (Å²) in [7, 11) is 0. The number of aromatic nitrogens is 1. The number of rotatable bonds is 5. The lowest BCUT2D eigenvalue weighted by molar-refractivity contribution is -0.127. The fourth-order valence-electron chi connectivity index (χ4n) is 3.21. The van der Waals surface area contributed by atoms with Gasteiger partial charge < -0.3 is 9.88 Å². The van der Waals surface area contributed by atoms with Gasteiger partial charge in [-0.15, -0.1) is 0 Å². The molecule has 0 radical (unpaired) electrons. The maximum atomic E-state index is 12.7. The molecule has 3 amide bonds. The average Bonchev–Trinajstić information content (AvgIpc) is 3.32. The second-order valence-electron chi connectivity index (χ2n) is 7.30. The van der Waals surface area contributed by atoms with Crippen LogP contribution in [0.1, 0.15) is 16.7 Å². The lowest BCUT2D eigenvalue weighted by atomic mass is 10.1. The van der Waals surface area contributed by atoms with Crippen LogP contribution in [-0.4, -0.2) is 33.1 Å². The summed E-state index contributed by atoms with van der Waals surface area (Å²) in [5.41, 5.74) is 4.61. The molecule has 0 saturated carbocycles. The van der Waals surface area contributed by atoms with Crippen LogP contribution >= 0.6 is 11.8 Å². The van der Waals surface area contributed by atoms with Gasteiger partial charge in [-0.1, -0.05) is 24.3 Å². The summed E-state index contributed by atoms with van der Waals surface area (Å²) in [4.78, 5) is 38.7. The topological polar surface area (TPSA) is 71.4 Å². The molecule has 1 N–H and O–H groups in total. The first-order valence-electron chi connectivity index (χ1n) is 9.76. The normalized spacial score (nSPS) is 15.0. The van der Waals surface area contributed by atoms with E-state index in [4.69, 9.17) is 0 Å². The highest BCUT2D eigenvalue weighted by Crippen LogP contribution is 2.32. The molecule has 0 atom stereocenters. The van der Waals surface area contributed by atoms with Crippen molar-refractivity contribution in [3.8, 4) is 5.69 Å². The lowest BCUT2D eigenvalue weighted by Crippen LogP contribution is -2.36. The molecule has 1 saturated heterocycles. The van der Waals surface area contributed by atoms with Crippen LogP contribution in [0.4, 0.5) is 10.5 Å². The van der Waals surface area contributed by atoms with Crippen molar-refractivity contribution in [2.45, 2.75) is 13.8 Å². The summed E-state index contributed by atoms with van der Waals surface area (Å²) in [6, 6.07) is 17.2. The Morgan fingerprint density at radius 1 is 1.03 bits per heavy atom. The standard InChI is InChI=1S/C24H21N3O3S/c1-16-8-9-19(12-17(16)2)25-22(28)15-27-23(29)21(31-24(27)30)13-18-10-11-26(14-18)20-6-4-3-5-7-20/h3-14H,15H2,1-2H3,(H,25,28)/b21-13+. The maximum Gasteiger partial charge on any atom is 0.294 e. The van der Waals surface area contributed by atoms with Crippen LogP contribution in [0.25, 0.3) is 11.8 Å². The third-order valence-electron chi connectivity index (χ3n) is 5.03. The smallest absolute Gasteiger partial charge is 0.294 e. The molecule has 6 nitrogen and oxygen atoms in total. The fraction of sp³-hybridized carbons (Fsp3) is 0.125. The molecule has 31 heavy (non-hydrogen) atoms. The van der Waals surface area contributed by atoms with Crippen molar-refractivity contribution in [1.29, 1.82) is 0 Å². The van der Waals surface area contributed by atoms with Gasteiger partial charge in [0.25, 0.3) is 11.1 Å². The number of aryl methyl sites for hydroxylation is 2. The van der Waals surface area contributed by atoms with Crippen LogP contribution in [-0.2, 0) is 9.59 Å². The summed E-state index contributed by atoms with van der Waals surface area (Å²) < 4.78 is 1.94. The molecule has 1 aliphatic heterocycles. The number of hydrogen-bond donors (Lipinski definition) is 1. The highest BCUT2D eigenvalue weighted by Gasteiger charge is 2.36. The van der Waals surface area contributed by atoms with Gasteiger partial charge in [0, 0.05) is 23.8 Å². The Hall–Kier alpha value is -3.58. The van der Waals surface area contributed by atoms with Crippen LogP contribution in [0.3, 0.4) is 0 Å². The second-order valence-corrected chi connectivity index (χ2v) is 8.30. The Kier molecular flexibility index (Phi) is 5.77. The SMILES string of the molecule is Cc1ccc(NC(=O)CN2C(=O)S/C(=C/c3ccn(-c4ccccc4)c3)C2=O)cc1C. The third-order valence-corrected chi connectivity index (χ3v) is 5.94. The molecule has 2 aromatic carbocycles. The Balaban J connectivity index is 1.44. The van der Waals surface area contributed by atoms with Gasteiger partial charge in [-0.25, -0.2) is 0 Å². The van der Waals surface area contributed by atoms with Crippen LogP contribution in [0, 0.1) is 13.8 Å².